The molecule has 2 aromatic heterocycles. The number of carbonyl (C=O) groups excluding carboxylic acids is 2. The minimum Gasteiger partial charge on any atom is -0.494 e. The summed E-state index contributed by atoms with van der Waals surface area (Å²) < 4.78 is 35.8. The van der Waals surface area contributed by atoms with Crippen molar-refractivity contribution in [2.75, 3.05) is 19.0 Å². The van der Waals surface area contributed by atoms with E-state index < -0.39 is 23.8 Å². The highest BCUT2D eigenvalue weighted by Crippen LogP contribution is 2.32. The first-order valence-electron chi connectivity index (χ1n) is 15.5. The number of anilines is 2. The van der Waals surface area contributed by atoms with Crippen LogP contribution in [0.1, 0.15) is 54.9 Å². The third kappa shape index (κ3) is 7.49. The Kier molecular flexibility index (Phi) is 12.2. The molecule has 1 aliphatic heterocycles. The van der Waals surface area contributed by atoms with Crippen LogP contribution < -0.4 is 26.0 Å². The van der Waals surface area contributed by atoms with E-state index in [4.69, 9.17) is 4.74 Å². The molecule has 4 aromatic rings. The summed E-state index contributed by atoms with van der Waals surface area (Å²) >= 11 is 0. The van der Waals surface area contributed by atoms with Gasteiger partial charge in [0.2, 0.25) is 11.7 Å². The number of benzene rings is 2. The van der Waals surface area contributed by atoms with Gasteiger partial charge in [0, 0.05) is 47.8 Å². The Morgan fingerprint density at radius 2 is 1.81 bits per heavy atom. The van der Waals surface area contributed by atoms with E-state index in [0.717, 1.165) is 31.2 Å². The van der Waals surface area contributed by atoms with E-state index in [0.29, 0.717) is 47.8 Å². The molecule has 2 fully saturated rings. The SMILES string of the molecule is CCc1cc(Nc2nccn3c(-c4ccc(OC)c(F)c4F)cnc23)ccc1C(=O)NC1CCCCC1NC(=O)[C@@H]1C[C@@H](O)CN1.Cl.Cl. The fourth-order valence-corrected chi connectivity index (χ4v) is 6.34. The number of amides is 2. The summed E-state index contributed by atoms with van der Waals surface area (Å²) in [4.78, 5) is 35.2. The fourth-order valence-electron chi connectivity index (χ4n) is 6.34. The summed E-state index contributed by atoms with van der Waals surface area (Å²) in [5.41, 5.74) is 2.80. The minimum atomic E-state index is -1.08. The summed E-state index contributed by atoms with van der Waals surface area (Å²) in [6.45, 7) is 2.36. The predicted octanol–water partition coefficient (Wildman–Crippen LogP) is 4.71. The number of ether oxygens (including phenoxy) is 1. The van der Waals surface area contributed by atoms with Gasteiger partial charge in [-0.05, 0) is 61.6 Å². The van der Waals surface area contributed by atoms with E-state index >= 15 is 0 Å². The topological polar surface area (TPSA) is 142 Å². The lowest BCUT2D eigenvalue weighted by molar-refractivity contribution is -0.124. The van der Waals surface area contributed by atoms with Crippen molar-refractivity contribution in [2.24, 2.45) is 0 Å². The van der Waals surface area contributed by atoms with Crippen molar-refractivity contribution in [3.8, 4) is 17.0 Å². The van der Waals surface area contributed by atoms with Crippen LogP contribution in [-0.2, 0) is 11.2 Å². The van der Waals surface area contributed by atoms with Crippen LogP contribution >= 0.6 is 24.8 Å². The zero-order valence-electron chi connectivity index (χ0n) is 26.5. The van der Waals surface area contributed by atoms with Crippen LogP contribution in [0.15, 0.2) is 48.9 Å². The highest BCUT2D eigenvalue weighted by molar-refractivity contribution is 5.96. The normalized spacial score (nSPS) is 20.4. The van der Waals surface area contributed by atoms with Crippen LogP contribution in [0.5, 0.6) is 5.75 Å². The Bertz CT molecular complexity index is 1780. The van der Waals surface area contributed by atoms with Crippen molar-refractivity contribution in [1.82, 2.24) is 30.3 Å². The first-order chi connectivity index (χ1) is 22.3. The number of fused-ring (bicyclic) bond motifs is 1. The maximum Gasteiger partial charge on any atom is 0.251 e. The van der Waals surface area contributed by atoms with Crippen LogP contribution in [0.4, 0.5) is 20.3 Å². The van der Waals surface area contributed by atoms with Gasteiger partial charge in [0.1, 0.15) is 0 Å². The Morgan fingerprint density at radius 3 is 2.50 bits per heavy atom. The molecule has 258 valence electrons. The van der Waals surface area contributed by atoms with Gasteiger partial charge < -0.3 is 31.1 Å². The summed E-state index contributed by atoms with van der Waals surface area (Å²) in [5, 5.41) is 22.3. The van der Waals surface area contributed by atoms with Gasteiger partial charge in [0.05, 0.1) is 31.1 Å². The van der Waals surface area contributed by atoms with Crippen molar-refractivity contribution < 1.29 is 28.2 Å². The van der Waals surface area contributed by atoms with Crippen LogP contribution in [0.2, 0.25) is 0 Å². The third-order valence-corrected chi connectivity index (χ3v) is 8.80. The molecule has 48 heavy (non-hydrogen) atoms. The van der Waals surface area contributed by atoms with Crippen LogP contribution in [0.3, 0.4) is 0 Å². The number of aliphatic hydroxyl groups excluding tert-OH is 1. The van der Waals surface area contributed by atoms with Crippen molar-refractivity contribution in [3.05, 3.63) is 71.7 Å². The molecular weight excluding hydrogens is 667 g/mol. The molecule has 15 heteroatoms. The number of nitrogens with zero attached hydrogens (tertiary/aromatic N) is 3. The monoisotopic (exact) mass is 705 g/mol. The van der Waals surface area contributed by atoms with Crippen molar-refractivity contribution in [2.45, 2.75) is 69.7 Å². The second-order valence-corrected chi connectivity index (χ2v) is 11.7. The first-order valence-corrected chi connectivity index (χ1v) is 15.5. The van der Waals surface area contributed by atoms with E-state index in [9.17, 15) is 23.5 Å². The maximum absolute atomic E-state index is 14.9. The van der Waals surface area contributed by atoms with E-state index in [1.54, 1.807) is 22.7 Å². The lowest BCUT2D eigenvalue weighted by Crippen LogP contribution is -2.56. The molecule has 0 spiro atoms. The van der Waals surface area contributed by atoms with Gasteiger partial charge in [-0.1, -0.05) is 19.8 Å². The highest BCUT2D eigenvalue weighted by atomic mass is 35.5. The molecule has 1 saturated heterocycles. The zero-order chi connectivity index (χ0) is 32.4. The molecule has 2 amide bonds. The standard InChI is InChI=1S/C33H37F2N7O4.2ClH/c1-3-18-14-19(39-30-31-38-17-26(42(31)13-12-36-30)22-10-11-27(46-2)29(35)28(22)34)8-9-21(18)32(44)40-23-6-4-5-7-24(23)41-33(45)25-15-20(43)16-37-25;;/h8-14,17,20,23-25,37,43H,3-7,15-16H2,1-2H3,(H,36,39)(H,40,44)(H,41,45);2*1H/t20-,23?,24?,25+;;/m1../s1. The summed E-state index contributed by atoms with van der Waals surface area (Å²) in [5.74, 6) is -2.28. The number of aliphatic hydroxyl groups is 1. The lowest BCUT2D eigenvalue weighted by atomic mass is 9.89. The molecule has 2 aromatic carbocycles. The van der Waals surface area contributed by atoms with Gasteiger partial charge >= 0.3 is 0 Å². The summed E-state index contributed by atoms with van der Waals surface area (Å²) in [6, 6.07) is 7.38. The zero-order valence-corrected chi connectivity index (χ0v) is 28.1. The number of imidazole rings is 1. The number of methoxy groups -OCH3 is 1. The Balaban J connectivity index is 0.00000260. The van der Waals surface area contributed by atoms with Crippen molar-refractivity contribution >= 4 is 53.8 Å². The van der Waals surface area contributed by atoms with Gasteiger partial charge in [0.25, 0.3) is 5.91 Å². The molecule has 1 saturated carbocycles. The fraction of sp³-hybridized carbons (Fsp3) is 0.394. The second-order valence-electron chi connectivity index (χ2n) is 11.7. The number of nitrogens with one attached hydrogen (secondary N) is 4. The number of hydrogen-bond donors (Lipinski definition) is 5. The molecule has 1 aliphatic carbocycles. The number of aromatic nitrogens is 3. The quantitative estimate of drug-likeness (QED) is 0.169. The van der Waals surface area contributed by atoms with E-state index in [-0.39, 0.29) is 60.0 Å². The van der Waals surface area contributed by atoms with Crippen LogP contribution in [-0.4, -0.2) is 69.2 Å². The molecule has 0 radical (unpaired) electrons. The van der Waals surface area contributed by atoms with E-state index in [1.807, 2.05) is 13.0 Å². The lowest BCUT2D eigenvalue weighted by Gasteiger charge is -2.33. The summed E-state index contributed by atoms with van der Waals surface area (Å²) in [7, 11) is 1.27. The molecule has 4 atom stereocenters. The Labute approximate surface area is 289 Å². The number of aryl methyl sites for hydroxylation is 1. The van der Waals surface area contributed by atoms with Crippen molar-refractivity contribution in [3.63, 3.8) is 0 Å². The Hall–Kier alpha value is -4.04. The molecule has 5 N–H and O–H groups in total. The largest absolute Gasteiger partial charge is 0.494 e. The average Bonchev–Trinajstić information content (AvgIpc) is 3.70. The molecule has 2 aliphatic rings. The van der Waals surface area contributed by atoms with Gasteiger partial charge in [-0.3, -0.25) is 14.0 Å². The number of rotatable bonds is 9. The molecule has 0 bridgehead atoms. The second kappa shape index (κ2) is 15.9. The minimum absolute atomic E-state index is 0. The molecule has 3 heterocycles. The molecule has 2 unspecified atom stereocenters. The van der Waals surface area contributed by atoms with Gasteiger partial charge in [-0.15, -0.1) is 24.8 Å². The molecular formula is C33H39Cl2F2N7O4. The third-order valence-electron chi connectivity index (χ3n) is 8.80. The predicted molar refractivity (Wildman–Crippen MR) is 183 cm³/mol. The van der Waals surface area contributed by atoms with E-state index in [1.165, 1.54) is 31.6 Å². The maximum atomic E-state index is 14.9. The first kappa shape index (κ1) is 36.8. The smallest absolute Gasteiger partial charge is 0.251 e. The molecule has 6 rings (SSSR count). The number of halogens is 4. The van der Waals surface area contributed by atoms with Gasteiger partial charge in [-0.25, -0.2) is 14.4 Å². The van der Waals surface area contributed by atoms with E-state index in [2.05, 4.69) is 31.2 Å². The summed E-state index contributed by atoms with van der Waals surface area (Å²) in [6.07, 6.45) is 8.48. The molecule has 11 nitrogen and oxygen atoms in total. The number of carbonyl (C=O) groups is 2. The highest BCUT2D eigenvalue weighted by Gasteiger charge is 2.33. The Morgan fingerprint density at radius 1 is 1.06 bits per heavy atom. The van der Waals surface area contributed by atoms with Crippen molar-refractivity contribution in [1.29, 1.82) is 0 Å². The van der Waals surface area contributed by atoms with Gasteiger partial charge in [0.15, 0.2) is 23.0 Å². The van der Waals surface area contributed by atoms with Crippen LogP contribution in [0, 0.1) is 11.6 Å². The number of β-amino-alcohol motifs (C(OH)–C–C–N with tert-alkyl or cyclic N) is 1. The van der Waals surface area contributed by atoms with Crippen LogP contribution in [0.25, 0.3) is 16.9 Å². The number of hydrogen-bond acceptors (Lipinski definition) is 8. The van der Waals surface area contributed by atoms with Gasteiger partial charge in [-0.2, -0.15) is 4.39 Å². The average molecular weight is 707 g/mol.